The third-order valence-electron chi connectivity index (χ3n) is 5.48. The quantitative estimate of drug-likeness (QED) is 0.800. The molecule has 2 fully saturated rings. The largest absolute Gasteiger partial charge is 0.338 e. The van der Waals surface area contributed by atoms with E-state index in [1.165, 1.54) is 5.56 Å². The molecule has 126 valence electrons. The first kappa shape index (κ1) is 16.7. The van der Waals surface area contributed by atoms with Gasteiger partial charge in [-0.25, -0.2) is 0 Å². The van der Waals surface area contributed by atoms with Crippen LogP contribution in [0, 0.1) is 16.7 Å². The van der Waals surface area contributed by atoms with E-state index >= 15 is 0 Å². The molecular formula is C20H25N3O. The van der Waals surface area contributed by atoms with Crippen LogP contribution in [-0.2, 0) is 11.3 Å². The minimum Gasteiger partial charge on any atom is -0.338 e. The van der Waals surface area contributed by atoms with E-state index in [4.69, 9.17) is 5.26 Å². The normalized spacial score (nSPS) is 20.8. The van der Waals surface area contributed by atoms with E-state index in [1.54, 1.807) is 0 Å². The van der Waals surface area contributed by atoms with Crippen LogP contribution in [0.15, 0.2) is 36.9 Å². The Hall–Kier alpha value is -2.12. The number of amides is 1. The second-order valence-corrected chi connectivity index (χ2v) is 7.15. The van der Waals surface area contributed by atoms with E-state index in [2.05, 4.69) is 23.6 Å². The summed E-state index contributed by atoms with van der Waals surface area (Å²) in [5.41, 5.74) is 2.23. The number of likely N-dealkylation sites (tertiary alicyclic amines) is 2. The zero-order chi connectivity index (χ0) is 17.0. The highest BCUT2D eigenvalue weighted by molar-refractivity contribution is 5.77. The molecule has 1 spiro atoms. The molecule has 0 aliphatic carbocycles. The summed E-state index contributed by atoms with van der Waals surface area (Å²) in [6.45, 7) is 8.36. The Morgan fingerprint density at radius 1 is 1.29 bits per heavy atom. The van der Waals surface area contributed by atoms with Gasteiger partial charge < -0.3 is 4.90 Å². The highest BCUT2D eigenvalue weighted by Gasteiger charge is 2.40. The second kappa shape index (κ2) is 7.19. The van der Waals surface area contributed by atoms with E-state index < -0.39 is 0 Å². The van der Waals surface area contributed by atoms with Gasteiger partial charge in [0.25, 0.3) is 0 Å². The summed E-state index contributed by atoms with van der Waals surface area (Å²) in [7, 11) is 0. The molecule has 2 aliphatic heterocycles. The maximum absolute atomic E-state index is 12.0. The lowest BCUT2D eigenvalue weighted by molar-refractivity contribution is -0.138. The number of benzene rings is 1. The van der Waals surface area contributed by atoms with Gasteiger partial charge in [-0.2, -0.15) is 5.26 Å². The molecule has 24 heavy (non-hydrogen) atoms. The summed E-state index contributed by atoms with van der Waals surface area (Å²) in [5, 5.41) is 9.02. The fourth-order valence-corrected chi connectivity index (χ4v) is 4.02. The van der Waals surface area contributed by atoms with Gasteiger partial charge in [0.15, 0.2) is 0 Å². The highest BCUT2D eigenvalue weighted by Crippen LogP contribution is 2.40. The molecule has 0 unspecified atom stereocenters. The van der Waals surface area contributed by atoms with Gasteiger partial charge in [0.2, 0.25) is 5.91 Å². The van der Waals surface area contributed by atoms with Gasteiger partial charge in [0.1, 0.15) is 0 Å². The van der Waals surface area contributed by atoms with E-state index in [0.717, 1.165) is 51.0 Å². The van der Waals surface area contributed by atoms with Crippen molar-refractivity contribution in [3.05, 3.63) is 48.0 Å². The Balaban J connectivity index is 1.58. The molecule has 0 radical (unpaired) electrons. The fraction of sp³-hybridized carbons (Fsp3) is 0.500. The minimum absolute atomic E-state index is 0.274. The van der Waals surface area contributed by atoms with Crippen LogP contribution in [0.2, 0.25) is 0 Å². The summed E-state index contributed by atoms with van der Waals surface area (Å²) in [6, 6.07) is 10.1. The van der Waals surface area contributed by atoms with Crippen LogP contribution in [0.1, 0.15) is 36.8 Å². The van der Waals surface area contributed by atoms with Crippen molar-refractivity contribution in [1.29, 1.82) is 5.26 Å². The topological polar surface area (TPSA) is 47.3 Å². The number of rotatable bonds is 4. The van der Waals surface area contributed by atoms with Crippen LogP contribution in [0.5, 0.6) is 0 Å². The number of hydrogen-bond donors (Lipinski definition) is 0. The van der Waals surface area contributed by atoms with Gasteiger partial charge in [0, 0.05) is 26.1 Å². The van der Waals surface area contributed by atoms with Crippen LogP contribution in [0.4, 0.5) is 0 Å². The summed E-state index contributed by atoms with van der Waals surface area (Å²) in [4.78, 5) is 16.5. The SMILES string of the molecule is C=CCN1CC2(CCC1=O)CCN(Cc1cccc(C#N)c1)CC2. The molecule has 0 saturated carbocycles. The van der Waals surface area contributed by atoms with Gasteiger partial charge in [-0.05, 0) is 55.5 Å². The standard InChI is InChI=1S/C20H25N3O/c1-2-10-23-16-20(7-6-19(23)24)8-11-22(12-9-20)15-18-5-3-4-17(13-18)14-21/h2-5,13H,1,6-12,15-16H2. The molecule has 1 aromatic rings. The Bertz CT molecular complexity index is 653. The lowest BCUT2D eigenvalue weighted by atomic mass is 9.72. The van der Waals surface area contributed by atoms with Gasteiger partial charge >= 0.3 is 0 Å². The summed E-state index contributed by atoms with van der Waals surface area (Å²) < 4.78 is 0. The first-order chi connectivity index (χ1) is 11.6. The van der Waals surface area contributed by atoms with Crippen molar-refractivity contribution >= 4 is 5.91 Å². The van der Waals surface area contributed by atoms with Crippen LogP contribution < -0.4 is 0 Å². The number of nitriles is 1. The van der Waals surface area contributed by atoms with Crippen molar-refractivity contribution in [2.45, 2.75) is 32.2 Å². The smallest absolute Gasteiger partial charge is 0.222 e. The predicted octanol–water partition coefficient (Wildman–Crippen LogP) is 2.95. The minimum atomic E-state index is 0.274. The average molecular weight is 323 g/mol. The zero-order valence-corrected chi connectivity index (χ0v) is 14.2. The molecule has 4 nitrogen and oxygen atoms in total. The highest BCUT2D eigenvalue weighted by atomic mass is 16.2. The molecule has 1 aromatic carbocycles. The Morgan fingerprint density at radius 2 is 2.08 bits per heavy atom. The lowest BCUT2D eigenvalue weighted by Crippen LogP contribution is -2.51. The van der Waals surface area contributed by atoms with Crippen LogP contribution in [0.25, 0.3) is 0 Å². The Labute approximate surface area is 144 Å². The Kier molecular flexibility index (Phi) is 5.01. The van der Waals surface area contributed by atoms with Crippen molar-refractivity contribution in [2.24, 2.45) is 5.41 Å². The third kappa shape index (κ3) is 3.68. The molecular weight excluding hydrogens is 298 g/mol. The van der Waals surface area contributed by atoms with Crippen molar-refractivity contribution in [3.63, 3.8) is 0 Å². The van der Waals surface area contributed by atoms with Crippen LogP contribution >= 0.6 is 0 Å². The number of carbonyl (C=O) groups is 1. The van der Waals surface area contributed by atoms with Crippen molar-refractivity contribution in [2.75, 3.05) is 26.2 Å². The summed E-state index contributed by atoms with van der Waals surface area (Å²) in [6.07, 6.45) is 5.82. The van der Waals surface area contributed by atoms with Gasteiger partial charge in [0.05, 0.1) is 11.6 Å². The number of carbonyl (C=O) groups excluding carboxylic acids is 1. The molecule has 0 N–H and O–H groups in total. The summed E-state index contributed by atoms with van der Waals surface area (Å²) >= 11 is 0. The van der Waals surface area contributed by atoms with E-state index in [9.17, 15) is 4.79 Å². The van der Waals surface area contributed by atoms with E-state index in [0.29, 0.717) is 18.4 Å². The van der Waals surface area contributed by atoms with Crippen molar-refractivity contribution in [1.82, 2.24) is 9.80 Å². The van der Waals surface area contributed by atoms with Crippen LogP contribution in [-0.4, -0.2) is 41.9 Å². The van der Waals surface area contributed by atoms with Gasteiger partial charge in [-0.15, -0.1) is 6.58 Å². The summed E-state index contributed by atoms with van der Waals surface area (Å²) in [5.74, 6) is 0.274. The van der Waals surface area contributed by atoms with Crippen molar-refractivity contribution < 1.29 is 4.79 Å². The molecule has 0 aromatic heterocycles. The number of nitrogens with zero attached hydrogens (tertiary/aromatic N) is 3. The molecule has 3 rings (SSSR count). The molecule has 2 aliphatic rings. The fourth-order valence-electron chi connectivity index (χ4n) is 4.02. The number of piperidine rings is 2. The first-order valence-electron chi connectivity index (χ1n) is 8.74. The lowest BCUT2D eigenvalue weighted by Gasteiger charge is -2.47. The monoisotopic (exact) mass is 323 g/mol. The Morgan fingerprint density at radius 3 is 2.79 bits per heavy atom. The molecule has 1 amide bonds. The van der Waals surface area contributed by atoms with E-state index in [1.807, 2.05) is 29.2 Å². The molecule has 2 heterocycles. The maximum atomic E-state index is 12.0. The molecule has 0 bridgehead atoms. The molecule has 2 saturated heterocycles. The average Bonchev–Trinajstić information content (AvgIpc) is 2.61. The van der Waals surface area contributed by atoms with Crippen LogP contribution in [0.3, 0.4) is 0 Å². The molecule has 4 heteroatoms. The second-order valence-electron chi connectivity index (χ2n) is 7.15. The predicted molar refractivity (Wildman–Crippen MR) is 94.1 cm³/mol. The van der Waals surface area contributed by atoms with E-state index in [-0.39, 0.29) is 5.91 Å². The zero-order valence-electron chi connectivity index (χ0n) is 14.2. The first-order valence-corrected chi connectivity index (χ1v) is 8.74. The van der Waals surface area contributed by atoms with Gasteiger partial charge in [-0.1, -0.05) is 18.2 Å². The maximum Gasteiger partial charge on any atom is 0.222 e. The van der Waals surface area contributed by atoms with Crippen molar-refractivity contribution in [3.8, 4) is 6.07 Å². The number of hydrogen-bond acceptors (Lipinski definition) is 3. The molecule has 0 atom stereocenters. The van der Waals surface area contributed by atoms with Gasteiger partial charge in [-0.3, -0.25) is 9.69 Å². The third-order valence-corrected chi connectivity index (χ3v) is 5.48.